The molecule has 0 radical (unpaired) electrons. The summed E-state index contributed by atoms with van der Waals surface area (Å²) in [6, 6.07) is 6.42. The number of fused-ring (bicyclic) bond motifs is 2. The number of carboxylic acid groups (broad SMARTS) is 1. The highest BCUT2D eigenvalue weighted by molar-refractivity contribution is 5.97. The second-order valence-corrected chi connectivity index (χ2v) is 6.54. The lowest BCUT2D eigenvalue weighted by Gasteiger charge is -2.23. The van der Waals surface area contributed by atoms with Crippen molar-refractivity contribution < 1.29 is 24.2 Å². The molecule has 1 amide bonds. The molecule has 2 N–H and O–H groups in total. The van der Waals surface area contributed by atoms with Crippen LogP contribution in [0.25, 0.3) is 0 Å². The second-order valence-electron chi connectivity index (χ2n) is 6.54. The lowest BCUT2D eigenvalue weighted by atomic mass is 9.82. The van der Waals surface area contributed by atoms with Crippen LogP contribution in [0, 0.1) is 23.7 Å². The van der Waals surface area contributed by atoms with Crippen LogP contribution in [0.4, 0.5) is 5.69 Å². The van der Waals surface area contributed by atoms with Crippen LogP contribution < -0.4 is 5.32 Å². The number of benzene rings is 1. The molecule has 0 aliphatic heterocycles. The van der Waals surface area contributed by atoms with Gasteiger partial charge in [0.1, 0.15) is 0 Å². The summed E-state index contributed by atoms with van der Waals surface area (Å²) in [5.41, 5.74) is 0.950. The number of carbonyl (C=O) groups is 3. The Balaban J connectivity index is 1.66. The minimum absolute atomic E-state index is 0.0191. The van der Waals surface area contributed by atoms with Gasteiger partial charge in [-0.2, -0.15) is 0 Å². The van der Waals surface area contributed by atoms with E-state index in [1.807, 2.05) is 19.1 Å². The van der Waals surface area contributed by atoms with E-state index in [0.717, 1.165) is 12.8 Å². The first kappa shape index (κ1) is 17.2. The Hall–Kier alpha value is -2.63. The van der Waals surface area contributed by atoms with Crippen LogP contribution in [0.3, 0.4) is 0 Å². The van der Waals surface area contributed by atoms with Crippen LogP contribution in [0.2, 0.25) is 0 Å². The summed E-state index contributed by atoms with van der Waals surface area (Å²) in [4.78, 5) is 35.8. The fraction of sp³-hybridized carbons (Fsp3) is 0.421. The van der Waals surface area contributed by atoms with Crippen LogP contribution in [0.15, 0.2) is 36.4 Å². The molecule has 6 heteroatoms. The zero-order valence-corrected chi connectivity index (χ0v) is 14.0. The SMILES string of the molecule is CCCOC(=O)c1ccc(NC(=O)[C@H]2[C@H](C(=O)O)[C@H]3C=C[C@H]2C3)cc1. The first-order chi connectivity index (χ1) is 12.0. The molecule has 1 aromatic rings. The first-order valence-electron chi connectivity index (χ1n) is 8.50. The summed E-state index contributed by atoms with van der Waals surface area (Å²) in [6.45, 7) is 2.28. The van der Waals surface area contributed by atoms with E-state index in [1.165, 1.54) is 0 Å². The standard InChI is InChI=1S/C19H21NO5/c1-2-9-25-19(24)11-5-7-14(8-6-11)20-17(21)15-12-3-4-13(10-12)16(15)18(22)23/h3-8,12-13,15-16H,2,9-10H2,1H3,(H,20,21)(H,22,23)/t12-,13-,15+,16+/m0/s1. The Labute approximate surface area is 145 Å². The van der Waals surface area contributed by atoms with E-state index in [2.05, 4.69) is 5.32 Å². The van der Waals surface area contributed by atoms with Gasteiger partial charge in [0.2, 0.25) is 5.91 Å². The number of carboxylic acids is 1. The fourth-order valence-corrected chi connectivity index (χ4v) is 3.71. The maximum absolute atomic E-state index is 12.6. The predicted molar refractivity (Wildman–Crippen MR) is 91.0 cm³/mol. The number of aliphatic carboxylic acids is 1. The number of nitrogens with one attached hydrogen (secondary N) is 1. The number of allylic oxidation sites excluding steroid dienone is 2. The molecule has 1 aromatic carbocycles. The molecule has 0 spiro atoms. The highest BCUT2D eigenvalue weighted by atomic mass is 16.5. The van der Waals surface area contributed by atoms with E-state index in [1.54, 1.807) is 24.3 Å². The summed E-state index contributed by atoms with van der Waals surface area (Å²) < 4.78 is 5.05. The molecule has 132 valence electrons. The highest BCUT2D eigenvalue weighted by Gasteiger charge is 2.51. The smallest absolute Gasteiger partial charge is 0.338 e. The van der Waals surface area contributed by atoms with Gasteiger partial charge in [0, 0.05) is 5.69 Å². The summed E-state index contributed by atoms with van der Waals surface area (Å²) >= 11 is 0. The monoisotopic (exact) mass is 343 g/mol. The molecule has 0 unspecified atom stereocenters. The van der Waals surface area contributed by atoms with E-state index in [0.29, 0.717) is 17.9 Å². The van der Waals surface area contributed by atoms with Crippen LogP contribution in [-0.4, -0.2) is 29.6 Å². The zero-order chi connectivity index (χ0) is 18.0. The quantitative estimate of drug-likeness (QED) is 0.612. The van der Waals surface area contributed by atoms with Gasteiger partial charge in [-0.15, -0.1) is 0 Å². The number of hydrogen-bond acceptors (Lipinski definition) is 4. The van der Waals surface area contributed by atoms with Crippen LogP contribution in [-0.2, 0) is 14.3 Å². The van der Waals surface area contributed by atoms with E-state index in [4.69, 9.17) is 4.74 Å². The third kappa shape index (κ3) is 3.43. The number of hydrogen-bond donors (Lipinski definition) is 2. The molecule has 2 bridgehead atoms. The van der Waals surface area contributed by atoms with Gasteiger partial charge in [-0.05, 0) is 48.9 Å². The van der Waals surface area contributed by atoms with Crippen molar-refractivity contribution in [2.45, 2.75) is 19.8 Å². The molecule has 6 nitrogen and oxygen atoms in total. The number of anilines is 1. The van der Waals surface area contributed by atoms with E-state index in [9.17, 15) is 19.5 Å². The molecule has 1 saturated carbocycles. The highest BCUT2D eigenvalue weighted by Crippen LogP contribution is 2.48. The van der Waals surface area contributed by atoms with Crippen molar-refractivity contribution in [2.75, 3.05) is 11.9 Å². The maximum Gasteiger partial charge on any atom is 0.338 e. The molecular formula is C19H21NO5. The van der Waals surface area contributed by atoms with Crippen molar-refractivity contribution in [3.63, 3.8) is 0 Å². The van der Waals surface area contributed by atoms with Gasteiger partial charge in [0.05, 0.1) is 24.0 Å². The zero-order valence-electron chi connectivity index (χ0n) is 14.0. The fourth-order valence-electron chi connectivity index (χ4n) is 3.71. The van der Waals surface area contributed by atoms with Gasteiger partial charge >= 0.3 is 11.9 Å². The Bertz CT molecular complexity index is 709. The predicted octanol–water partition coefficient (Wildman–Crippen LogP) is 2.71. The van der Waals surface area contributed by atoms with Gasteiger partial charge in [-0.1, -0.05) is 19.1 Å². The van der Waals surface area contributed by atoms with Gasteiger partial charge in [-0.25, -0.2) is 4.79 Å². The molecule has 0 heterocycles. The molecule has 0 saturated heterocycles. The van der Waals surface area contributed by atoms with Crippen molar-refractivity contribution in [1.82, 2.24) is 0 Å². The molecule has 25 heavy (non-hydrogen) atoms. The summed E-state index contributed by atoms with van der Waals surface area (Å²) in [6.07, 6.45) is 5.32. The average Bonchev–Trinajstić information content (AvgIpc) is 3.21. The number of ether oxygens (including phenoxy) is 1. The van der Waals surface area contributed by atoms with Gasteiger partial charge in [0.25, 0.3) is 0 Å². The number of carbonyl (C=O) groups excluding carboxylic acids is 2. The van der Waals surface area contributed by atoms with Gasteiger partial charge < -0.3 is 15.2 Å². The normalized spacial score (nSPS) is 26.4. The first-order valence-corrected chi connectivity index (χ1v) is 8.50. The third-order valence-corrected chi connectivity index (χ3v) is 4.87. The number of rotatable bonds is 6. The molecular weight excluding hydrogens is 322 g/mol. The minimum Gasteiger partial charge on any atom is -0.481 e. The number of amides is 1. The molecule has 3 rings (SSSR count). The minimum atomic E-state index is -0.925. The molecule has 1 fully saturated rings. The topological polar surface area (TPSA) is 92.7 Å². The van der Waals surface area contributed by atoms with Gasteiger partial charge in [0.15, 0.2) is 0 Å². The van der Waals surface area contributed by atoms with Crippen LogP contribution in [0.1, 0.15) is 30.1 Å². The van der Waals surface area contributed by atoms with E-state index >= 15 is 0 Å². The average molecular weight is 343 g/mol. The summed E-state index contributed by atoms with van der Waals surface area (Å²) in [5.74, 6) is -2.91. The van der Waals surface area contributed by atoms with Crippen molar-refractivity contribution in [1.29, 1.82) is 0 Å². The van der Waals surface area contributed by atoms with Crippen LogP contribution in [0.5, 0.6) is 0 Å². The third-order valence-electron chi connectivity index (χ3n) is 4.87. The van der Waals surface area contributed by atoms with Crippen molar-refractivity contribution in [3.05, 3.63) is 42.0 Å². The lowest BCUT2D eigenvalue weighted by Crippen LogP contribution is -2.36. The molecule has 4 atom stereocenters. The van der Waals surface area contributed by atoms with E-state index in [-0.39, 0.29) is 17.7 Å². The largest absolute Gasteiger partial charge is 0.481 e. The Morgan fingerprint density at radius 3 is 2.36 bits per heavy atom. The van der Waals surface area contributed by atoms with E-state index < -0.39 is 23.8 Å². The second kappa shape index (κ2) is 7.09. The lowest BCUT2D eigenvalue weighted by molar-refractivity contribution is -0.146. The summed E-state index contributed by atoms with van der Waals surface area (Å²) in [7, 11) is 0. The molecule has 2 aliphatic rings. The molecule has 0 aromatic heterocycles. The summed E-state index contributed by atoms with van der Waals surface area (Å²) in [5, 5.41) is 12.2. The Kier molecular flexibility index (Phi) is 4.88. The Morgan fingerprint density at radius 1 is 1.12 bits per heavy atom. The Morgan fingerprint density at radius 2 is 1.76 bits per heavy atom. The van der Waals surface area contributed by atoms with Crippen LogP contribution >= 0.6 is 0 Å². The number of esters is 1. The van der Waals surface area contributed by atoms with Crippen molar-refractivity contribution in [2.24, 2.45) is 23.7 Å². The van der Waals surface area contributed by atoms with Crippen molar-refractivity contribution >= 4 is 23.5 Å². The maximum atomic E-state index is 12.6. The van der Waals surface area contributed by atoms with Gasteiger partial charge in [-0.3, -0.25) is 9.59 Å². The van der Waals surface area contributed by atoms with Crippen molar-refractivity contribution in [3.8, 4) is 0 Å². The molecule has 2 aliphatic carbocycles.